The molecule has 0 aliphatic carbocycles. The summed E-state index contributed by atoms with van der Waals surface area (Å²) >= 11 is 11.9. The summed E-state index contributed by atoms with van der Waals surface area (Å²) in [5.41, 5.74) is 6.79. The van der Waals surface area contributed by atoms with Crippen LogP contribution in [0.4, 0.5) is 13.2 Å². The van der Waals surface area contributed by atoms with Crippen molar-refractivity contribution in [2.45, 2.75) is 18.6 Å². The summed E-state index contributed by atoms with van der Waals surface area (Å²) < 4.78 is 37.4. The van der Waals surface area contributed by atoms with Gasteiger partial charge in [0.15, 0.2) is 0 Å². The van der Waals surface area contributed by atoms with E-state index in [1.54, 1.807) is 18.2 Å². The summed E-state index contributed by atoms with van der Waals surface area (Å²) in [7, 11) is 0. The molecule has 0 radical (unpaired) electrons. The molecule has 6 heteroatoms. The summed E-state index contributed by atoms with van der Waals surface area (Å²) in [4.78, 5) is 0. The summed E-state index contributed by atoms with van der Waals surface area (Å²) in [5, 5.41) is 0.951. The second-order valence-corrected chi connectivity index (χ2v) is 5.51. The first-order valence-electron chi connectivity index (χ1n) is 6.14. The molecule has 2 rings (SSSR count). The van der Waals surface area contributed by atoms with Crippen molar-refractivity contribution in [1.29, 1.82) is 0 Å². The van der Waals surface area contributed by atoms with E-state index < -0.39 is 17.8 Å². The van der Waals surface area contributed by atoms with Gasteiger partial charge in [0.05, 0.1) is 5.56 Å². The Hall–Kier alpha value is -1.23. The van der Waals surface area contributed by atoms with E-state index in [0.717, 1.165) is 12.1 Å². The Balaban J connectivity index is 2.14. The van der Waals surface area contributed by atoms with Crippen LogP contribution >= 0.6 is 23.2 Å². The van der Waals surface area contributed by atoms with Gasteiger partial charge in [-0.1, -0.05) is 41.4 Å². The summed E-state index contributed by atoms with van der Waals surface area (Å²) in [6.07, 6.45) is -3.94. The van der Waals surface area contributed by atoms with Crippen molar-refractivity contribution in [3.05, 3.63) is 69.2 Å². The van der Waals surface area contributed by atoms with Gasteiger partial charge in [0.1, 0.15) is 0 Å². The molecular formula is C15H12Cl2F3N. The fourth-order valence-corrected chi connectivity index (χ4v) is 2.54. The van der Waals surface area contributed by atoms with Crippen molar-refractivity contribution in [2.75, 3.05) is 0 Å². The minimum absolute atomic E-state index is 0.388. The number of halogens is 5. The molecule has 0 saturated heterocycles. The molecular weight excluding hydrogens is 322 g/mol. The van der Waals surface area contributed by atoms with Crippen LogP contribution in [0.1, 0.15) is 22.7 Å². The topological polar surface area (TPSA) is 26.0 Å². The molecule has 0 fully saturated rings. The summed E-state index contributed by atoms with van der Waals surface area (Å²) in [6, 6.07) is 9.52. The van der Waals surface area contributed by atoms with Gasteiger partial charge in [0, 0.05) is 16.1 Å². The monoisotopic (exact) mass is 333 g/mol. The fraction of sp³-hybridized carbons (Fsp3) is 0.200. The molecule has 0 spiro atoms. The number of hydrogen-bond donors (Lipinski definition) is 1. The minimum atomic E-state index is -4.33. The van der Waals surface area contributed by atoms with E-state index in [2.05, 4.69) is 0 Å². The number of rotatable bonds is 3. The van der Waals surface area contributed by atoms with Gasteiger partial charge in [0.25, 0.3) is 0 Å². The van der Waals surface area contributed by atoms with E-state index in [9.17, 15) is 13.2 Å². The zero-order valence-electron chi connectivity index (χ0n) is 10.8. The third kappa shape index (κ3) is 4.13. The van der Waals surface area contributed by atoms with Crippen LogP contribution in [0.3, 0.4) is 0 Å². The van der Waals surface area contributed by atoms with E-state index in [-0.39, 0.29) is 0 Å². The highest BCUT2D eigenvalue weighted by molar-refractivity contribution is 6.35. The summed E-state index contributed by atoms with van der Waals surface area (Å²) in [5.74, 6) is 0. The van der Waals surface area contributed by atoms with Crippen molar-refractivity contribution < 1.29 is 13.2 Å². The van der Waals surface area contributed by atoms with Gasteiger partial charge in [-0.3, -0.25) is 0 Å². The third-order valence-electron chi connectivity index (χ3n) is 3.10. The number of nitrogens with two attached hydrogens (primary N) is 1. The van der Waals surface area contributed by atoms with Crippen molar-refractivity contribution in [3.8, 4) is 0 Å². The number of hydrogen-bond acceptors (Lipinski definition) is 1. The lowest BCUT2D eigenvalue weighted by molar-refractivity contribution is -0.137. The van der Waals surface area contributed by atoms with Gasteiger partial charge in [-0.25, -0.2) is 0 Å². The zero-order valence-corrected chi connectivity index (χ0v) is 12.3. The zero-order chi connectivity index (χ0) is 15.6. The van der Waals surface area contributed by atoms with Crippen LogP contribution < -0.4 is 5.73 Å². The van der Waals surface area contributed by atoms with Gasteiger partial charge in [-0.15, -0.1) is 0 Å². The first kappa shape index (κ1) is 16.1. The molecule has 21 heavy (non-hydrogen) atoms. The van der Waals surface area contributed by atoms with Gasteiger partial charge < -0.3 is 5.73 Å². The molecule has 1 atom stereocenters. The molecule has 0 amide bonds. The predicted octanol–water partition coefficient (Wildman–Crippen LogP) is 5.25. The van der Waals surface area contributed by atoms with Gasteiger partial charge >= 0.3 is 6.18 Å². The minimum Gasteiger partial charge on any atom is -0.324 e. The maximum absolute atomic E-state index is 12.5. The fourth-order valence-electron chi connectivity index (χ4n) is 2.00. The van der Waals surface area contributed by atoms with Gasteiger partial charge in [-0.05, 0) is 41.8 Å². The van der Waals surface area contributed by atoms with Crippen molar-refractivity contribution in [3.63, 3.8) is 0 Å². The molecule has 0 aliphatic heterocycles. The number of alkyl halides is 3. The van der Waals surface area contributed by atoms with Crippen LogP contribution in [0.5, 0.6) is 0 Å². The van der Waals surface area contributed by atoms with Crippen molar-refractivity contribution in [2.24, 2.45) is 5.73 Å². The van der Waals surface area contributed by atoms with Crippen LogP contribution in [0.2, 0.25) is 10.0 Å². The second kappa shape index (κ2) is 6.26. The van der Waals surface area contributed by atoms with Crippen molar-refractivity contribution in [1.82, 2.24) is 0 Å². The number of benzene rings is 2. The maximum atomic E-state index is 12.5. The summed E-state index contributed by atoms with van der Waals surface area (Å²) in [6.45, 7) is 0. The first-order chi connectivity index (χ1) is 9.77. The molecule has 2 N–H and O–H groups in total. The van der Waals surface area contributed by atoms with E-state index in [4.69, 9.17) is 28.9 Å². The largest absolute Gasteiger partial charge is 0.416 e. The molecule has 2 aromatic rings. The third-order valence-corrected chi connectivity index (χ3v) is 3.66. The molecule has 0 aromatic heterocycles. The highest BCUT2D eigenvalue weighted by Gasteiger charge is 2.29. The lowest BCUT2D eigenvalue weighted by Gasteiger charge is -2.15. The molecule has 1 unspecified atom stereocenters. The Labute approximate surface area is 130 Å². The Kier molecular flexibility index (Phi) is 4.81. The highest BCUT2D eigenvalue weighted by Crippen LogP contribution is 2.30. The molecule has 2 aromatic carbocycles. The predicted molar refractivity (Wildman–Crippen MR) is 78.5 cm³/mol. The average molecular weight is 334 g/mol. The standard InChI is InChI=1S/C15H12Cl2F3N/c16-11-5-6-12(13(17)8-11)14(21)7-9-1-3-10(4-2-9)15(18,19)20/h1-6,8,14H,7,21H2. The lowest BCUT2D eigenvalue weighted by atomic mass is 9.99. The van der Waals surface area contributed by atoms with E-state index in [1.165, 1.54) is 12.1 Å². The van der Waals surface area contributed by atoms with Crippen LogP contribution in [0.15, 0.2) is 42.5 Å². The average Bonchev–Trinajstić information content (AvgIpc) is 2.38. The van der Waals surface area contributed by atoms with Crippen LogP contribution in [-0.4, -0.2) is 0 Å². The SMILES string of the molecule is NC(Cc1ccc(C(F)(F)F)cc1)c1ccc(Cl)cc1Cl. The molecule has 1 nitrogen and oxygen atoms in total. The maximum Gasteiger partial charge on any atom is 0.416 e. The molecule has 0 heterocycles. The van der Waals surface area contributed by atoms with Crippen LogP contribution in [0.25, 0.3) is 0 Å². The van der Waals surface area contributed by atoms with Crippen LogP contribution in [-0.2, 0) is 12.6 Å². The molecule has 0 bridgehead atoms. The van der Waals surface area contributed by atoms with E-state index in [1.807, 2.05) is 0 Å². The second-order valence-electron chi connectivity index (χ2n) is 4.67. The van der Waals surface area contributed by atoms with Gasteiger partial charge in [-0.2, -0.15) is 13.2 Å². The molecule has 0 saturated carbocycles. The van der Waals surface area contributed by atoms with Crippen LogP contribution in [0, 0.1) is 0 Å². The highest BCUT2D eigenvalue weighted by atomic mass is 35.5. The Morgan fingerprint density at radius 3 is 2.14 bits per heavy atom. The van der Waals surface area contributed by atoms with E-state index >= 15 is 0 Å². The Bertz CT molecular complexity index is 624. The molecule has 0 aliphatic rings. The normalized spacial score (nSPS) is 13.2. The first-order valence-corrected chi connectivity index (χ1v) is 6.89. The quantitative estimate of drug-likeness (QED) is 0.815. The van der Waals surface area contributed by atoms with E-state index in [0.29, 0.717) is 27.6 Å². The lowest BCUT2D eigenvalue weighted by Crippen LogP contribution is -2.14. The van der Waals surface area contributed by atoms with Crippen molar-refractivity contribution >= 4 is 23.2 Å². The van der Waals surface area contributed by atoms with Gasteiger partial charge in [0.2, 0.25) is 0 Å². The smallest absolute Gasteiger partial charge is 0.324 e. The Morgan fingerprint density at radius 1 is 1.00 bits per heavy atom. The molecule has 112 valence electrons. The Morgan fingerprint density at radius 2 is 1.62 bits per heavy atom.